The van der Waals surface area contributed by atoms with E-state index in [9.17, 15) is 19.2 Å². The summed E-state index contributed by atoms with van der Waals surface area (Å²) in [6.07, 6.45) is -0.886. The number of hydrogen-bond donors (Lipinski definition) is 1. The van der Waals surface area contributed by atoms with Gasteiger partial charge in [0.05, 0.1) is 18.2 Å². The maximum Gasteiger partial charge on any atom is 0.336 e. The highest BCUT2D eigenvalue weighted by atomic mass is 16.5. The van der Waals surface area contributed by atoms with E-state index in [0.717, 1.165) is 4.90 Å². The fourth-order valence-electron chi connectivity index (χ4n) is 3.33. The number of carbonyl (C=O) groups excluding carboxylic acids is 4. The molecule has 1 aromatic carbocycles. The van der Waals surface area contributed by atoms with Crippen molar-refractivity contribution in [2.24, 2.45) is 20.7 Å². The highest BCUT2D eigenvalue weighted by Gasteiger charge is 2.50. The zero-order chi connectivity index (χ0) is 20.3. The highest BCUT2D eigenvalue weighted by molar-refractivity contribution is 6.21. The molecule has 0 spiro atoms. The van der Waals surface area contributed by atoms with Crippen molar-refractivity contribution in [3.05, 3.63) is 35.4 Å². The number of amides is 3. The van der Waals surface area contributed by atoms with E-state index < -0.39 is 35.4 Å². The summed E-state index contributed by atoms with van der Waals surface area (Å²) in [5.41, 5.74) is -0.957. The normalized spacial score (nSPS) is 17.6. The second-order valence-electron chi connectivity index (χ2n) is 6.34. The number of nitrogens with one attached hydrogen (secondary N) is 1. The van der Waals surface area contributed by atoms with Gasteiger partial charge < -0.3 is 10.1 Å². The Balaban J connectivity index is 1.77. The van der Waals surface area contributed by atoms with Crippen LogP contribution in [0.3, 0.4) is 0 Å². The molecule has 3 amide bonds. The summed E-state index contributed by atoms with van der Waals surface area (Å²) >= 11 is 0. The molecule has 1 atom stereocenters. The number of methoxy groups -OCH3 is 1. The van der Waals surface area contributed by atoms with Crippen molar-refractivity contribution >= 4 is 23.7 Å². The molecule has 0 saturated heterocycles. The second-order valence-corrected chi connectivity index (χ2v) is 6.34. The van der Waals surface area contributed by atoms with E-state index in [1.54, 1.807) is 24.3 Å². The largest absolute Gasteiger partial charge is 0.467 e. The van der Waals surface area contributed by atoms with Crippen molar-refractivity contribution in [3.8, 4) is 0 Å². The zero-order valence-electron chi connectivity index (χ0n) is 15.3. The third-order valence-corrected chi connectivity index (χ3v) is 4.58. The van der Waals surface area contributed by atoms with Crippen LogP contribution in [-0.2, 0) is 14.3 Å². The van der Waals surface area contributed by atoms with Gasteiger partial charge in [0.1, 0.15) is 0 Å². The predicted octanol–water partition coefficient (Wildman–Crippen LogP) is 1.27. The van der Waals surface area contributed by atoms with Gasteiger partial charge >= 0.3 is 5.97 Å². The van der Waals surface area contributed by atoms with E-state index in [-0.39, 0.29) is 19.4 Å². The van der Waals surface area contributed by atoms with Crippen molar-refractivity contribution < 1.29 is 23.9 Å². The van der Waals surface area contributed by atoms with E-state index in [0.29, 0.717) is 11.1 Å². The average Bonchev–Trinajstić information content (AvgIpc) is 3.30. The molecule has 28 heavy (non-hydrogen) atoms. The van der Waals surface area contributed by atoms with Crippen molar-refractivity contribution in [2.75, 3.05) is 13.7 Å². The van der Waals surface area contributed by atoms with Gasteiger partial charge in [0.2, 0.25) is 12.1 Å². The molecule has 2 aliphatic heterocycles. The Morgan fingerprint density at radius 3 is 2.21 bits per heavy atom. The molecule has 0 bridgehead atoms. The fraction of sp³-hybridized carbons (Fsp3) is 0.412. The molecule has 11 nitrogen and oxygen atoms in total. The monoisotopic (exact) mass is 386 g/mol. The van der Waals surface area contributed by atoms with Crippen LogP contribution >= 0.6 is 0 Å². The maximum absolute atomic E-state index is 12.5. The third kappa shape index (κ3) is 3.26. The molecule has 0 saturated carbocycles. The lowest BCUT2D eigenvalue weighted by Crippen LogP contribution is -2.61. The van der Waals surface area contributed by atoms with Crippen LogP contribution in [0.4, 0.5) is 0 Å². The Morgan fingerprint density at radius 1 is 1.14 bits per heavy atom. The number of fused-ring (bicyclic) bond motifs is 1. The Kier molecular flexibility index (Phi) is 5.25. The molecular formula is C17H18N6O5. The summed E-state index contributed by atoms with van der Waals surface area (Å²) in [5, 5.41) is 16.9. The van der Waals surface area contributed by atoms with Gasteiger partial charge in [-0.3, -0.25) is 19.3 Å². The summed E-state index contributed by atoms with van der Waals surface area (Å²) in [6, 6.07) is 6.54. The van der Waals surface area contributed by atoms with Crippen LogP contribution in [0.2, 0.25) is 0 Å². The second kappa shape index (κ2) is 7.62. The van der Waals surface area contributed by atoms with Gasteiger partial charge in [-0.05, 0) is 35.4 Å². The van der Waals surface area contributed by atoms with Gasteiger partial charge in [-0.1, -0.05) is 12.1 Å². The molecule has 146 valence electrons. The molecule has 2 heterocycles. The van der Waals surface area contributed by atoms with Crippen LogP contribution in [0, 0.1) is 0 Å². The van der Waals surface area contributed by atoms with Crippen LogP contribution in [0.5, 0.6) is 0 Å². The molecule has 11 heteroatoms. The SMILES string of the molecule is COC(=O)C(CCCN1C(=O)c2ccccc2C1=O)(NC(C)=O)C1N=NN=N1. The minimum Gasteiger partial charge on any atom is -0.467 e. The van der Waals surface area contributed by atoms with E-state index >= 15 is 0 Å². The fourth-order valence-corrected chi connectivity index (χ4v) is 3.33. The molecule has 1 unspecified atom stereocenters. The number of hydrogen-bond acceptors (Lipinski definition) is 9. The van der Waals surface area contributed by atoms with Gasteiger partial charge in [-0.15, -0.1) is 10.2 Å². The van der Waals surface area contributed by atoms with E-state index in [4.69, 9.17) is 4.74 Å². The Labute approximate surface area is 159 Å². The van der Waals surface area contributed by atoms with E-state index in [2.05, 4.69) is 26.0 Å². The summed E-state index contributed by atoms with van der Waals surface area (Å²) in [7, 11) is 1.17. The molecule has 2 aliphatic rings. The first-order chi connectivity index (χ1) is 13.4. The number of ether oxygens (including phenoxy) is 1. The number of benzene rings is 1. The molecule has 1 aromatic rings. The summed E-state index contributed by atoms with van der Waals surface area (Å²) in [6.45, 7) is 1.29. The van der Waals surface area contributed by atoms with Crippen molar-refractivity contribution in [1.29, 1.82) is 0 Å². The lowest BCUT2D eigenvalue weighted by atomic mass is 9.89. The number of esters is 1. The molecule has 1 N–H and O–H groups in total. The Hall–Kier alpha value is -3.50. The first-order valence-corrected chi connectivity index (χ1v) is 8.53. The van der Waals surface area contributed by atoms with Crippen molar-refractivity contribution in [1.82, 2.24) is 10.2 Å². The highest BCUT2D eigenvalue weighted by Crippen LogP contribution is 2.28. The molecule has 0 radical (unpaired) electrons. The van der Waals surface area contributed by atoms with Gasteiger partial charge in [0.25, 0.3) is 11.8 Å². The van der Waals surface area contributed by atoms with E-state index in [1.807, 2.05) is 0 Å². The van der Waals surface area contributed by atoms with Crippen LogP contribution in [0.25, 0.3) is 0 Å². The van der Waals surface area contributed by atoms with Gasteiger partial charge in [-0.25, -0.2) is 4.79 Å². The van der Waals surface area contributed by atoms with Crippen LogP contribution in [0.1, 0.15) is 40.5 Å². The first-order valence-electron chi connectivity index (χ1n) is 8.53. The molecule has 0 aliphatic carbocycles. The summed E-state index contributed by atoms with van der Waals surface area (Å²) in [5.74, 6) is -2.06. The molecule has 0 aromatic heterocycles. The van der Waals surface area contributed by atoms with Crippen LogP contribution in [-0.4, -0.2) is 54.0 Å². The van der Waals surface area contributed by atoms with Crippen LogP contribution in [0.15, 0.2) is 44.9 Å². The van der Waals surface area contributed by atoms with Gasteiger partial charge in [0.15, 0.2) is 5.54 Å². The molecule has 0 fully saturated rings. The molecule has 3 rings (SSSR count). The van der Waals surface area contributed by atoms with Crippen molar-refractivity contribution in [2.45, 2.75) is 31.5 Å². The zero-order valence-corrected chi connectivity index (χ0v) is 15.3. The Bertz CT molecular complexity index is 851. The number of nitrogens with zero attached hydrogens (tertiary/aromatic N) is 5. The molecular weight excluding hydrogens is 368 g/mol. The average molecular weight is 386 g/mol. The third-order valence-electron chi connectivity index (χ3n) is 4.58. The Morgan fingerprint density at radius 2 is 1.71 bits per heavy atom. The number of rotatable bonds is 7. The van der Waals surface area contributed by atoms with Crippen molar-refractivity contribution in [3.63, 3.8) is 0 Å². The van der Waals surface area contributed by atoms with Gasteiger partial charge in [0, 0.05) is 13.5 Å². The van der Waals surface area contributed by atoms with Crippen LogP contribution < -0.4 is 5.32 Å². The maximum atomic E-state index is 12.5. The topological polar surface area (TPSA) is 142 Å². The first kappa shape index (κ1) is 19.3. The quantitative estimate of drug-likeness (QED) is 0.554. The minimum atomic E-state index is -1.64. The minimum absolute atomic E-state index is 0.00929. The summed E-state index contributed by atoms with van der Waals surface area (Å²) < 4.78 is 4.84. The predicted molar refractivity (Wildman–Crippen MR) is 93.1 cm³/mol. The lowest BCUT2D eigenvalue weighted by Gasteiger charge is -2.32. The number of imide groups is 1. The van der Waals surface area contributed by atoms with E-state index in [1.165, 1.54) is 14.0 Å². The smallest absolute Gasteiger partial charge is 0.336 e. The summed E-state index contributed by atoms with van der Waals surface area (Å²) in [4.78, 5) is 50.3. The van der Waals surface area contributed by atoms with Gasteiger partial charge in [-0.2, -0.15) is 0 Å². The lowest BCUT2D eigenvalue weighted by molar-refractivity contribution is -0.152. The standard InChI is InChI=1S/C17H18N6O5/c1-10(24)18-17(16(27)28-2,15-19-21-22-20-15)8-5-9-23-13(25)11-6-3-4-7-12(11)14(23)26/h3-4,6-7,15H,5,8-9H2,1-2H3,(H,18,24). The number of carbonyl (C=O) groups is 4.